The maximum atomic E-state index is 15.6. The maximum Gasteiger partial charge on any atom is 0.344 e. The first-order chi connectivity index (χ1) is 31.8. The molecule has 2 aliphatic carbocycles. The first kappa shape index (κ1) is 44.7. The largest absolute Gasteiger partial charge is 0.497 e. The highest BCUT2D eigenvalue weighted by atomic mass is 16.6. The monoisotopic (exact) mass is 898 g/mol. The van der Waals surface area contributed by atoms with Gasteiger partial charge >= 0.3 is 17.9 Å². The molecule has 2 bridgehead atoms. The summed E-state index contributed by atoms with van der Waals surface area (Å²) in [7, 11) is 8.62. The summed E-state index contributed by atoms with van der Waals surface area (Å²) in [4.78, 5) is 50.2. The third kappa shape index (κ3) is 6.16. The van der Waals surface area contributed by atoms with Crippen molar-refractivity contribution in [3.05, 3.63) is 101 Å². The molecule has 6 aliphatic heterocycles. The average Bonchev–Trinajstić information content (AvgIpc) is 3.97. The Balaban J connectivity index is 1.20. The third-order valence-corrected chi connectivity index (χ3v) is 17.0. The Hall–Kier alpha value is -5.15. The predicted octanol–water partition coefficient (Wildman–Crippen LogP) is 4.70. The van der Waals surface area contributed by atoms with Crippen LogP contribution in [0.4, 0.5) is 11.4 Å². The lowest BCUT2D eigenvalue weighted by Crippen LogP contribution is -2.79. The van der Waals surface area contributed by atoms with Crippen molar-refractivity contribution >= 4 is 47.6 Å². The maximum absolute atomic E-state index is 15.6. The Morgan fingerprint density at radius 2 is 1.70 bits per heavy atom. The van der Waals surface area contributed by atoms with Gasteiger partial charge in [-0.2, -0.15) is 0 Å². The highest BCUT2D eigenvalue weighted by Gasteiger charge is 2.81. The van der Waals surface area contributed by atoms with Crippen LogP contribution in [0.3, 0.4) is 0 Å². The standard InChI is InChI=1S/C52H63BN4O9/c1-9-31-22-32-26-51(47(59)64-7,43-37(29-56(27-31)28-32)36-23-34(14-17-40(36)53-43)54-33-12-15-35(62-5)16-13-33)39-24-38-41(25-42(39)63-6)55(4)45-50(38)19-21-57-20-11-18-49(10-2,44(50)57)46(66-30(3)58)52(45,61)48(60)65-8/h11-18,22-25,32,39,42,44-46,53-54,61H,9-10,19-21,26-29H2,1-8H3/t32-,39?,42?,44+,45-,46-,49-,50-,51+,52+/m1/s1. The molecule has 2 aromatic rings. The average molecular weight is 899 g/mol. The number of ether oxygens (including phenoxy) is 5. The van der Waals surface area contributed by atoms with Crippen LogP contribution < -0.4 is 15.5 Å². The number of nitrogens with zero attached hydrogens (tertiary/aromatic N) is 3. The number of likely N-dealkylation sites (tertiary alicyclic amines) is 1. The van der Waals surface area contributed by atoms with Crippen LogP contribution in [0.5, 0.6) is 5.75 Å². The van der Waals surface area contributed by atoms with Crippen LogP contribution >= 0.6 is 0 Å². The summed E-state index contributed by atoms with van der Waals surface area (Å²) in [5, 5.41) is 17.1. The molecular weight excluding hydrogens is 835 g/mol. The van der Waals surface area contributed by atoms with Gasteiger partial charge in [0.1, 0.15) is 5.75 Å². The number of benzene rings is 2. The van der Waals surface area contributed by atoms with Crippen molar-refractivity contribution in [2.24, 2.45) is 28.1 Å². The highest BCUT2D eigenvalue weighted by Crippen LogP contribution is 2.70. The molecule has 14 heteroatoms. The number of fused-ring (bicyclic) bond motifs is 5. The van der Waals surface area contributed by atoms with E-state index < -0.39 is 58.0 Å². The second-order valence-electron chi connectivity index (χ2n) is 19.9. The molecule has 0 amide bonds. The number of anilines is 2. The molecular formula is C52H63BN4O9. The summed E-state index contributed by atoms with van der Waals surface area (Å²) < 4.78 is 29.8. The topological polar surface area (TPSA) is 139 Å². The SMILES string of the molecule is CCC1=C[C@H]2CN(C1)CC1=C(Bc3ccc(Nc4ccc(OC)cc4)cc31)[C@@](C(=O)OC)(C1C=C3C(=CC1OC)N(C)[C@H]1[C@@](O)(C(=O)OC)[C@H](OC(C)=O)[C@]4(CC)C=CCN5CC[C@]31[C@@H]54)C2. The van der Waals surface area contributed by atoms with E-state index in [1.54, 1.807) is 14.2 Å². The Kier molecular flexibility index (Phi) is 11.0. The molecule has 0 radical (unpaired) electrons. The van der Waals surface area contributed by atoms with Crippen molar-refractivity contribution in [1.82, 2.24) is 14.7 Å². The molecule has 10 rings (SSSR count). The van der Waals surface area contributed by atoms with Crippen molar-refractivity contribution in [2.75, 3.05) is 73.5 Å². The summed E-state index contributed by atoms with van der Waals surface area (Å²) in [6, 6.07) is 13.3. The molecule has 348 valence electrons. The number of carbonyl (C=O) groups is 3. The fourth-order valence-corrected chi connectivity index (χ4v) is 14.6. The number of hydrogen-bond donors (Lipinski definition) is 2. The smallest absolute Gasteiger partial charge is 0.344 e. The van der Waals surface area contributed by atoms with Gasteiger partial charge in [-0.1, -0.05) is 60.7 Å². The molecule has 1 saturated carbocycles. The van der Waals surface area contributed by atoms with Gasteiger partial charge < -0.3 is 39.0 Å². The Morgan fingerprint density at radius 1 is 0.939 bits per heavy atom. The van der Waals surface area contributed by atoms with E-state index in [2.05, 4.69) is 70.6 Å². The van der Waals surface area contributed by atoms with Crippen LogP contribution in [0.2, 0.25) is 0 Å². The van der Waals surface area contributed by atoms with E-state index in [0.29, 0.717) is 46.2 Å². The molecule has 13 nitrogen and oxygen atoms in total. The zero-order chi connectivity index (χ0) is 46.5. The minimum atomic E-state index is -2.27. The van der Waals surface area contributed by atoms with Crippen LogP contribution in [-0.4, -0.2) is 143 Å². The van der Waals surface area contributed by atoms with Crippen molar-refractivity contribution in [2.45, 2.75) is 76.3 Å². The second-order valence-corrected chi connectivity index (χ2v) is 19.9. The molecule has 2 aromatic carbocycles. The van der Waals surface area contributed by atoms with E-state index in [-0.39, 0.29) is 17.9 Å². The zero-order valence-corrected chi connectivity index (χ0v) is 39.5. The number of rotatable bonds is 10. The summed E-state index contributed by atoms with van der Waals surface area (Å²) in [5.74, 6) is -1.44. The molecule has 3 fully saturated rings. The lowest BCUT2D eigenvalue weighted by atomic mass is 9.46. The summed E-state index contributed by atoms with van der Waals surface area (Å²) in [6.07, 6.45) is 11.6. The molecule has 3 unspecified atom stereocenters. The van der Waals surface area contributed by atoms with E-state index in [0.717, 1.165) is 70.0 Å². The quantitative estimate of drug-likeness (QED) is 0.148. The minimum Gasteiger partial charge on any atom is -0.497 e. The minimum absolute atomic E-state index is 0.0538. The van der Waals surface area contributed by atoms with Crippen molar-refractivity contribution in [1.29, 1.82) is 0 Å². The zero-order valence-electron chi connectivity index (χ0n) is 39.5. The van der Waals surface area contributed by atoms with Crippen LogP contribution in [0.25, 0.3) is 5.57 Å². The fourth-order valence-electron chi connectivity index (χ4n) is 14.6. The van der Waals surface area contributed by atoms with Gasteiger partial charge in [0.05, 0.1) is 38.9 Å². The molecule has 2 N–H and O–H groups in total. The number of aliphatic hydroxyl groups is 1. The third-order valence-electron chi connectivity index (χ3n) is 17.0. The van der Waals surface area contributed by atoms with Crippen LogP contribution in [-0.2, 0) is 33.3 Å². The van der Waals surface area contributed by atoms with Gasteiger partial charge in [-0.25, -0.2) is 4.79 Å². The molecule has 11 atom stereocenters. The van der Waals surface area contributed by atoms with E-state index in [9.17, 15) is 14.7 Å². The number of esters is 3. The molecule has 2 saturated heterocycles. The first-order valence-electron chi connectivity index (χ1n) is 23.6. The van der Waals surface area contributed by atoms with Gasteiger partial charge in [0.15, 0.2) is 13.4 Å². The summed E-state index contributed by atoms with van der Waals surface area (Å²) in [6.45, 7) is 9.27. The van der Waals surface area contributed by atoms with Gasteiger partial charge in [-0.3, -0.25) is 19.4 Å². The van der Waals surface area contributed by atoms with E-state index in [1.165, 1.54) is 26.7 Å². The van der Waals surface area contributed by atoms with Crippen molar-refractivity contribution in [3.63, 3.8) is 0 Å². The number of nitrogens with one attached hydrogen (secondary N) is 1. The Morgan fingerprint density at radius 3 is 2.38 bits per heavy atom. The lowest BCUT2D eigenvalue weighted by Gasteiger charge is -2.63. The van der Waals surface area contributed by atoms with E-state index in [4.69, 9.17) is 23.7 Å². The highest BCUT2D eigenvalue weighted by molar-refractivity contribution is 6.67. The Labute approximate surface area is 388 Å². The molecule has 6 heterocycles. The van der Waals surface area contributed by atoms with Gasteiger partial charge in [0, 0.05) is 87.1 Å². The second kappa shape index (κ2) is 16.3. The van der Waals surface area contributed by atoms with Gasteiger partial charge in [0.2, 0.25) is 5.60 Å². The molecule has 66 heavy (non-hydrogen) atoms. The van der Waals surface area contributed by atoms with Gasteiger partial charge in [0.25, 0.3) is 0 Å². The van der Waals surface area contributed by atoms with Crippen LogP contribution in [0.1, 0.15) is 52.0 Å². The fraction of sp³-hybridized carbons (Fsp3) is 0.519. The number of likely N-dealkylation sites (N-methyl/N-ethyl adjacent to an activating group) is 1. The first-order valence-corrected chi connectivity index (χ1v) is 23.6. The van der Waals surface area contributed by atoms with E-state index in [1.807, 2.05) is 43.1 Å². The predicted molar refractivity (Wildman–Crippen MR) is 253 cm³/mol. The number of carbonyl (C=O) groups excluding carboxylic acids is 3. The summed E-state index contributed by atoms with van der Waals surface area (Å²) >= 11 is 0. The lowest BCUT2D eigenvalue weighted by molar-refractivity contribution is -0.243. The van der Waals surface area contributed by atoms with Gasteiger partial charge in [-0.05, 0) is 97.3 Å². The van der Waals surface area contributed by atoms with Crippen LogP contribution in [0, 0.1) is 28.1 Å². The normalized spacial score (nSPS) is 35.9. The number of hydrogen-bond acceptors (Lipinski definition) is 13. The van der Waals surface area contributed by atoms with Crippen LogP contribution in [0.15, 0.2) is 95.2 Å². The molecule has 1 spiro atoms. The van der Waals surface area contributed by atoms with E-state index >= 15 is 4.79 Å². The van der Waals surface area contributed by atoms with Crippen molar-refractivity contribution in [3.8, 4) is 5.75 Å². The van der Waals surface area contributed by atoms with Gasteiger partial charge in [-0.15, -0.1) is 0 Å². The molecule has 8 aliphatic rings. The Bertz CT molecular complexity index is 2520. The van der Waals surface area contributed by atoms with Crippen molar-refractivity contribution < 1.29 is 43.2 Å². The summed E-state index contributed by atoms with van der Waals surface area (Å²) in [5.41, 5.74) is 4.24. The molecule has 0 aromatic heterocycles. The number of allylic oxidation sites excluding steroid dienone is 1. The number of methoxy groups -OCH3 is 4.